The van der Waals surface area contributed by atoms with Crippen LogP contribution in [0.5, 0.6) is 0 Å². The zero-order valence-electron chi connectivity index (χ0n) is 24.2. The summed E-state index contributed by atoms with van der Waals surface area (Å²) in [6.07, 6.45) is 4.58. The minimum atomic E-state index is -0.706. The number of methoxy groups -OCH3 is 1. The molecule has 0 aliphatic carbocycles. The van der Waals surface area contributed by atoms with Crippen molar-refractivity contribution >= 4 is 5.69 Å². The van der Waals surface area contributed by atoms with Gasteiger partial charge in [0.05, 0.1) is 26.4 Å². The van der Waals surface area contributed by atoms with Gasteiger partial charge >= 0.3 is 0 Å². The van der Waals surface area contributed by atoms with Crippen LogP contribution in [0, 0.1) is 11.8 Å². The van der Waals surface area contributed by atoms with Crippen LogP contribution in [0.3, 0.4) is 0 Å². The Hall–Kier alpha value is -3.70. The molecule has 212 valence electrons. The maximum atomic E-state index is 7.11. The van der Waals surface area contributed by atoms with Gasteiger partial charge in [-0.05, 0) is 34.4 Å². The van der Waals surface area contributed by atoms with Gasteiger partial charge < -0.3 is 19.1 Å². The molecule has 2 atom stereocenters. The minimum Gasteiger partial charge on any atom is -0.384 e. The van der Waals surface area contributed by atoms with Gasteiger partial charge in [0.15, 0.2) is 0 Å². The average molecular weight is 548 g/mol. The highest BCUT2D eigenvalue weighted by molar-refractivity contribution is 5.50. The second kappa shape index (κ2) is 14.3. The third-order valence-corrected chi connectivity index (χ3v) is 7.67. The van der Waals surface area contributed by atoms with Crippen LogP contribution in [0.25, 0.3) is 0 Å². The summed E-state index contributed by atoms with van der Waals surface area (Å²) in [4.78, 5) is 2.43. The van der Waals surface area contributed by atoms with Crippen LogP contribution in [0.4, 0.5) is 5.69 Å². The van der Waals surface area contributed by atoms with Gasteiger partial charge in [0.1, 0.15) is 5.60 Å². The van der Waals surface area contributed by atoms with E-state index < -0.39 is 5.60 Å². The van der Waals surface area contributed by atoms with Crippen molar-refractivity contribution in [2.75, 3.05) is 44.9 Å². The van der Waals surface area contributed by atoms with E-state index >= 15 is 0 Å². The van der Waals surface area contributed by atoms with Crippen LogP contribution in [0.2, 0.25) is 0 Å². The maximum Gasteiger partial charge on any atom is 0.143 e. The molecule has 0 saturated carbocycles. The molecule has 0 fully saturated rings. The molecule has 4 aromatic carbocycles. The number of anilines is 1. The fourth-order valence-corrected chi connectivity index (χ4v) is 5.63. The highest BCUT2D eigenvalue weighted by Gasteiger charge is 2.38. The Bertz CT molecular complexity index is 1240. The summed E-state index contributed by atoms with van der Waals surface area (Å²) in [5.41, 5.74) is 5.08. The highest BCUT2D eigenvalue weighted by Crippen LogP contribution is 2.41. The third kappa shape index (κ3) is 7.15. The van der Waals surface area contributed by atoms with Gasteiger partial charge in [-0.15, -0.1) is 0 Å². The number of nitrogens with zero attached hydrogens (tertiary/aromatic N) is 1. The zero-order chi connectivity index (χ0) is 28.3. The van der Waals surface area contributed by atoms with Crippen molar-refractivity contribution in [1.82, 2.24) is 0 Å². The van der Waals surface area contributed by atoms with Crippen molar-refractivity contribution in [1.29, 1.82) is 0 Å². The van der Waals surface area contributed by atoms with Crippen molar-refractivity contribution in [2.45, 2.75) is 19.1 Å². The molecule has 0 aromatic heterocycles. The van der Waals surface area contributed by atoms with E-state index in [4.69, 9.17) is 14.2 Å². The molecule has 41 heavy (non-hydrogen) atoms. The summed E-state index contributed by atoms with van der Waals surface area (Å²) in [6, 6.07) is 40.5. The van der Waals surface area contributed by atoms with Gasteiger partial charge in [-0.25, -0.2) is 0 Å². The van der Waals surface area contributed by atoms with E-state index in [2.05, 4.69) is 139 Å². The van der Waals surface area contributed by atoms with E-state index in [0.29, 0.717) is 25.7 Å². The normalized spacial score (nSPS) is 16.0. The van der Waals surface area contributed by atoms with E-state index in [1.807, 2.05) is 0 Å². The average Bonchev–Trinajstić information content (AvgIpc) is 3.04. The Labute approximate surface area is 245 Å². The fourth-order valence-electron chi connectivity index (χ4n) is 5.63. The minimum absolute atomic E-state index is 0.254. The van der Waals surface area contributed by atoms with Gasteiger partial charge in [-0.3, -0.25) is 0 Å². The van der Waals surface area contributed by atoms with Crippen LogP contribution in [-0.4, -0.2) is 40.0 Å². The van der Waals surface area contributed by atoms with Crippen LogP contribution < -0.4 is 4.90 Å². The molecule has 5 rings (SSSR count). The molecule has 4 nitrogen and oxygen atoms in total. The van der Waals surface area contributed by atoms with Crippen molar-refractivity contribution < 1.29 is 14.2 Å². The monoisotopic (exact) mass is 547 g/mol. The lowest BCUT2D eigenvalue weighted by atomic mass is 9.80. The lowest BCUT2D eigenvalue weighted by molar-refractivity contribution is -0.0000614. The molecule has 4 aromatic rings. The van der Waals surface area contributed by atoms with E-state index in [1.165, 1.54) is 11.3 Å². The first-order valence-corrected chi connectivity index (χ1v) is 14.6. The van der Waals surface area contributed by atoms with E-state index in [1.54, 1.807) is 7.11 Å². The van der Waals surface area contributed by atoms with Crippen LogP contribution in [-0.2, 0) is 26.4 Å². The highest BCUT2D eigenvalue weighted by atomic mass is 16.5. The molecule has 4 heteroatoms. The van der Waals surface area contributed by atoms with Gasteiger partial charge in [0.2, 0.25) is 0 Å². The molecule has 0 radical (unpaired) electrons. The maximum absolute atomic E-state index is 7.11. The van der Waals surface area contributed by atoms with Gasteiger partial charge in [-0.2, -0.15) is 0 Å². The number of rotatable bonds is 13. The molecule has 0 amide bonds. The lowest BCUT2D eigenvalue weighted by Crippen LogP contribution is -2.38. The first-order valence-electron chi connectivity index (χ1n) is 14.6. The summed E-state index contributed by atoms with van der Waals surface area (Å²) in [7, 11) is 1.73. The summed E-state index contributed by atoms with van der Waals surface area (Å²) in [5, 5.41) is 0. The molecule has 0 spiro atoms. The Balaban J connectivity index is 1.31. The molecule has 1 unspecified atom stereocenters. The lowest BCUT2D eigenvalue weighted by Gasteiger charge is -2.38. The molecule has 1 heterocycles. The number of ether oxygens (including phenoxy) is 3. The standard InChI is InChI=1S/C37H41NO3/c1-30(26-39-2)27-40-28-31-20-22-36(23-21-31)38-24-12-13-32(25-38)29-41-37(33-14-6-3-7-15-33,34-16-8-4-9-17-34)35-18-10-5-11-19-35/h3-23,30,32H,24-29H2,1-2H3/t30-,32?/m0/s1. The Morgan fingerprint density at radius 1 is 0.756 bits per heavy atom. The SMILES string of the molecule is COC[C@H](C)COCc1ccc(N2CC=CC(COC(c3ccccc3)(c3ccccc3)c3ccccc3)C2)cc1. The first-order chi connectivity index (χ1) is 20.2. The van der Waals surface area contributed by atoms with Crippen molar-refractivity contribution in [3.05, 3.63) is 150 Å². The van der Waals surface area contributed by atoms with Crippen LogP contribution >= 0.6 is 0 Å². The number of hydrogen-bond donors (Lipinski definition) is 0. The predicted molar refractivity (Wildman–Crippen MR) is 167 cm³/mol. The molecular weight excluding hydrogens is 506 g/mol. The van der Waals surface area contributed by atoms with Gasteiger partial charge in [0.25, 0.3) is 0 Å². The summed E-state index contributed by atoms with van der Waals surface area (Å²) in [5.74, 6) is 0.646. The Morgan fingerprint density at radius 2 is 1.32 bits per heavy atom. The summed E-state index contributed by atoms with van der Waals surface area (Å²) < 4.78 is 18.2. The summed E-state index contributed by atoms with van der Waals surface area (Å²) in [6.45, 7) is 6.56. The second-order valence-corrected chi connectivity index (χ2v) is 10.9. The number of benzene rings is 4. The largest absolute Gasteiger partial charge is 0.384 e. The topological polar surface area (TPSA) is 30.9 Å². The predicted octanol–water partition coefficient (Wildman–Crippen LogP) is 7.49. The van der Waals surface area contributed by atoms with Crippen LogP contribution in [0.1, 0.15) is 29.2 Å². The zero-order valence-corrected chi connectivity index (χ0v) is 24.2. The molecular formula is C37H41NO3. The smallest absolute Gasteiger partial charge is 0.143 e. The van der Waals surface area contributed by atoms with E-state index in [9.17, 15) is 0 Å². The molecule has 0 saturated heterocycles. The Morgan fingerprint density at radius 3 is 1.85 bits per heavy atom. The Kier molecular flexibility index (Phi) is 10.0. The molecule has 1 aliphatic rings. The van der Waals surface area contributed by atoms with Crippen molar-refractivity contribution in [3.63, 3.8) is 0 Å². The van der Waals surface area contributed by atoms with Gasteiger partial charge in [0, 0.05) is 37.7 Å². The van der Waals surface area contributed by atoms with Crippen molar-refractivity contribution in [2.24, 2.45) is 11.8 Å². The molecule has 1 aliphatic heterocycles. The van der Waals surface area contributed by atoms with E-state index in [-0.39, 0.29) is 5.92 Å². The summed E-state index contributed by atoms with van der Waals surface area (Å²) >= 11 is 0. The third-order valence-electron chi connectivity index (χ3n) is 7.67. The first kappa shape index (κ1) is 28.8. The number of hydrogen-bond acceptors (Lipinski definition) is 4. The molecule has 0 N–H and O–H groups in total. The van der Waals surface area contributed by atoms with E-state index in [0.717, 1.165) is 36.4 Å². The van der Waals surface area contributed by atoms with Gasteiger partial charge in [-0.1, -0.05) is 122 Å². The second-order valence-electron chi connectivity index (χ2n) is 10.9. The van der Waals surface area contributed by atoms with Crippen LogP contribution in [0.15, 0.2) is 127 Å². The quantitative estimate of drug-likeness (QED) is 0.128. The fraction of sp³-hybridized carbons (Fsp3) is 0.297. The molecule has 0 bridgehead atoms. The van der Waals surface area contributed by atoms with Crippen molar-refractivity contribution in [3.8, 4) is 0 Å².